The Kier molecular flexibility index (Phi) is 6.63. The van der Waals surface area contributed by atoms with Gasteiger partial charge < -0.3 is 18.9 Å². The molecule has 1 aliphatic heterocycles. The van der Waals surface area contributed by atoms with Gasteiger partial charge in [0, 0.05) is 11.6 Å². The van der Waals surface area contributed by atoms with Crippen molar-refractivity contribution in [2.24, 2.45) is 10.8 Å². The molecule has 1 atom stereocenters. The molecular weight excluding hydrogens is 438 g/mol. The number of esters is 3. The van der Waals surface area contributed by atoms with Crippen LogP contribution >= 0.6 is 0 Å². The van der Waals surface area contributed by atoms with Crippen LogP contribution in [0.4, 0.5) is 8.78 Å². The quantitative estimate of drug-likeness (QED) is 0.369. The first-order chi connectivity index (χ1) is 15.5. The third-order valence-corrected chi connectivity index (χ3v) is 6.22. The number of methoxy groups -OCH3 is 2. The molecule has 9 heteroatoms. The highest BCUT2D eigenvalue weighted by Gasteiger charge is 2.61. The van der Waals surface area contributed by atoms with Crippen LogP contribution < -0.4 is 0 Å². The molecule has 0 N–H and O–H groups in total. The first kappa shape index (κ1) is 24.4. The van der Waals surface area contributed by atoms with Gasteiger partial charge in [-0.15, -0.1) is 0 Å². The highest BCUT2D eigenvalue weighted by Crippen LogP contribution is 2.60. The van der Waals surface area contributed by atoms with E-state index < -0.39 is 40.4 Å². The molecule has 33 heavy (non-hydrogen) atoms. The smallest absolute Gasteiger partial charge is 0.337 e. The standard InChI is InChI=1S/C24H26F2O7/c1-6-32-20(27)17-10-23(3)12-24(21(28)30-4,22(29)31-5)11-18(23)19(33-13(17)2)14-7-15(25)9-16(26)8-14/h7-9H,6,10-12H2,1-5H3. The van der Waals surface area contributed by atoms with Crippen molar-refractivity contribution in [2.75, 3.05) is 20.8 Å². The summed E-state index contributed by atoms with van der Waals surface area (Å²) in [6.45, 7) is 5.10. The maximum Gasteiger partial charge on any atom is 0.337 e. The summed E-state index contributed by atoms with van der Waals surface area (Å²) in [5.74, 6) is -3.61. The average Bonchev–Trinajstić information content (AvgIpc) is 3.02. The van der Waals surface area contributed by atoms with Crippen molar-refractivity contribution in [3.05, 3.63) is 52.3 Å². The maximum absolute atomic E-state index is 14.1. The molecule has 1 aromatic rings. The molecule has 178 valence electrons. The Morgan fingerprint density at radius 2 is 1.61 bits per heavy atom. The van der Waals surface area contributed by atoms with Gasteiger partial charge in [0.2, 0.25) is 0 Å². The van der Waals surface area contributed by atoms with Crippen molar-refractivity contribution >= 4 is 23.7 Å². The van der Waals surface area contributed by atoms with E-state index in [0.717, 1.165) is 32.4 Å². The Bertz CT molecular complexity index is 1040. The molecule has 0 saturated heterocycles. The Balaban J connectivity index is 2.29. The van der Waals surface area contributed by atoms with Gasteiger partial charge in [0.15, 0.2) is 5.41 Å². The van der Waals surface area contributed by atoms with Crippen LogP contribution in [0.5, 0.6) is 0 Å². The van der Waals surface area contributed by atoms with Gasteiger partial charge in [-0.05, 0) is 56.2 Å². The molecule has 0 radical (unpaired) electrons. The lowest BCUT2D eigenvalue weighted by Gasteiger charge is -2.28. The summed E-state index contributed by atoms with van der Waals surface area (Å²) in [5, 5.41) is 0. The van der Waals surface area contributed by atoms with Gasteiger partial charge in [-0.2, -0.15) is 0 Å². The summed E-state index contributed by atoms with van der Waals surface area (Å²) in [7, 11) is 2.32. The molecular formula is C24H26F2O7. The van der Waals surface area contributed by atoms with E-state index in [-0.39, 0.29) is 48.5 Å². The molecule has 1 saturated carbocycles. The van der Waals surface area contributed by atoms with Crippen LogP contribution in [0.2, 0.25) is 0 Å². The SMILES string of the molecule is CCOC(=O)C1=C(C)OC(c2cc(F)cc(F)c2)=C2CC(C(=O)OC)(C(=O)OC)CC2(C)C1. The number of carbonyl (C=O) groups is 3. The van der Waals surface area contributed by atoms with Crippen LogP contribution in [-0.4, -0.2) is 38.7 Å². The van der Waals surface area contributed by atoms with Crippen LogP contribution in [0, 0.1) is 22.5 Å². The minimum atomic E-state index is -1.71. The minimum absolute atomic E-state index is 0.0600. The number of benzene rings is 1. The van der Waals surface area contributed by atoms with Crippen LogP contribution in [0.25, 0.3) is 5.76 Å². The molecule has 0 amide bonds. The van der Waals surface area contributed by atoms with E-state index in [0.29, 0.717) is 5.57 Å². The van der Waals surface area contributed by atoms with E-state index >= 15 is 0 Å². The molecule has 3 rings (SSSR count). The van der Waals surface area contributed by atoms with Crippen LogP contribution in [-0.2, 0) is 33.3 Å². The molecule has 0 spiro atoms. The zero-order valence-corrected chi connectivity index (χ0v) is 19.2. The number of fused-ring (bicyclic) bond motifs is 1. The van der Waals surface area contributed by atoms with Gasteiger partial charge >= 0.3 is 17.9 Å². The second-order valence-corrected chi connectivity index (χ2v) is 8.48. The molecule has 0 aromatic heterocycles. The highest BCUT2D eigenvalue weighted by molar-refractivity contribution is 6.02. The summed E-state index contributed by atoms with van der Waals surface area (Å²) in [5.41, 5.74) is -1.97. The molecule has 1 unspecified atom stereocenters. The maximum atomic E-state index is 14.1. The van der Waals surface area contributed by atoms with Crippen LogP contribution in [0.3, 0.4) is 0 Å². The first-order valence-corrected chi connectivity index (χ1v) is 10.4. The fourth-order valence-electron chi connectivity index (χ4n) is 4.78. The summed E-state index contributed by atoms with van der Waals surface area (Å²) < 4.78 is 49.2. The number of rotatable bonds is 5. The summed E-state index contributed by atoms with van der Waals surface area (Å²) >= 11 is 0. The van der Waals surface area contributed by atoms with Crippen LogP contribution in [0.15, 0.2) is 35.1 Å². The first-order valence-electron chi connectivity index (χ1n) is 10.4. The predicted octanol–water partition coefficient (Wildman–Crippen LogP) is 4.07. The van der Waals surface area contributed by atoms with E-state index in [9.17, 15) is 23.2 Å². The number of halogens is 2. The van der Waals surface area contributed by atoms with Crippen molar-refractivity contribution < 1.29 is 42.1 Å². The van der Waals surface area contributed by atoms with Crippen LogP contribution in [0.1, 0.15) is 45.6 Å². The van der Waals surface area contributed by atoms with Crippen molar-refractivity contribution in [1.29, 1.82) is 0 Å². The zero-order valence-electron chi connectivity index (χ0n) is 19.2. The summed E-state index contributed by atoms with van der Waals surface area (Å²) in [6, 6.07) is 2.90. The fourth-order valence-corrected chi connectivity index (χ4v) is 4.78. The van der Waals surface area contributed by atoms with Gasteiger partial charge in [-0.25, -0.2) is 13.6 Å². The molecule has 1 aliphatic carbocycles. The number of ether oxygens (including phenoxy) is 4. The Hall–Kier alpha value is -3.23. The van der Waals surface area contributed by atoms with E-state index in [2.05, 4.69) is 0 Å². The normalized spacial score (nSPS) is 21.7. The fraction of sp³-hybridized carbons (Fsp3) is 0.458. The van der Waals surface area contributed by atoms with Crippen molar-refractivity contribution in [3.8, 4) is 0 Å². The second-order valence-electron chi connectivity index (χ2n) is 8.48. The lowest BCUT2D eigenvalue weighted by Crippen LogP contribution is -2.40. The summed E-state index contributed by atoms with van der Waals surface area (Å²) in [6.07, 6.45) is -0.154. The molecule has 0 bridgehead atoms. The van der Waals surface area contributed by atoms with E-state index in [1.54, 1.807) is 20.8 Å². The number of allylic oxidation sites excluding steroid dienone is 2. The number of hydrogen-bond donors (Lipinski definition) is 0. The Morgan fingerprint density at radius 3 is 2.12 bits per heavy atom. The zero-order chi connectivity index (χ0) is 24.6. The number of hydrogen-bond acceptors (Lipinski definition) is 7. The van der Waals surface area contributed by atoms with Gasteiger partial charge in [0.1, 0.15) is 23.2 Å². The van der Waals surface area contributed by atoms with Crippen molar-refractivity contribution in [2.45, 2.75) is 40.0 Å². The minimum Gasteiger partial charge on any atom is -0.468 e. The molecule has 2 aliphatic rings. The van der Waals surface area contributed by atoms with E-state index in [1.165, 1.54) is 0 Å². The largest absolute Gasteiger partial charge is 0.468 e. The molecule has 1 heterocycles. The molecule has 1 aromatic carbocycles. The van der Waals surface area contributed by atoms with Gasteiger partial charge in [0.25, 0.3) is 0 Å². The Morgan fingerprint density at radius 1 is 1.03 bits per heavy atom. The Labute approximate surface area is 190 Å². The predicted molar refractivity (Wildman–Crippen MR) is 112 cm³/mol. The summed E-state index contributed by atoms with van der Waals surface area (Å²) in [4.78, 5) is 38.4. The average molecular weight is 464 g/mol. The highest BCUT2D eigenvalue weighted by atomic mass is 19.1. The van der Waals surface area contributed by atoms with E-state index in [4.69, 9.17) is 18.9 Å². The molecule has 7 nitrogen and oxygen atoms in total. The monoisotopic (exact) mass is 464 g/mol. The van der Waals surface area contributed by atoms with E-state index in [1.807, 2.05) is 0 Å². The second kappa shape index (κ2) is 8.96. The number of carbonyl (C=O) groups excluding carboxylic acids is 3. The van der Waals surface area contributed by atoms with Gasteiger partial charge in [0.05, 0.1) is 26.4 Å². The topological polar surface area (TPSA) is 88.1 Å². The third-order valence-electron chi connectivity index (χ3n) is 6.22. The molecule has 1 fully saturated rings. The van der Waals surface area contributed by atoms with Crippen molar-refractivity contribution in [1.82, 2.24) is 0 Å². The third kappa shape index (κ3) is 4.24. The van der Waals surface area contributed by atoms with Gasteiger partial charge in [-0.3, -0.25) is 9.59 Å². The lowest BCUT2D eigenvalue weighted by molar-refractivity contribution is -0.169. The van der Waals surface area contributed by atoms with Crippen molar-refractivity contribution in [3.63, 3.8) is 0 Å². The van der Waals surface area contributed by atoms with Gasteiger partial charge in [-0.1, -0.05) is 6.92 Å². The lowest BCUT2D eigenvalue weighted by atomic mass is 9.75.